The first-order chi connectivity index (χ1) is 8.49. The van der Waals surface area contributed by atoms with E-state index < -0.39 is 0 Å². The Bertz CT molecular complexity index is 483. The van der Waals surface area contributed by atoms with Crippen LogP contribution in [0.3, 0.4) is 0 Å². The molecule has 5 heteroatoms. The number of furan rings is 1. The molecule has 0 aliphatic carbocycles. The number of nitrogens with two attached hydrogens (primary N) is 1. The third-order valence-electron chi connectivity index (χ3n) is 2.68. The van der Waals surface area contributed by atoms with Crippen LogP contribution in [-0.4, -0.2) is 16.7 Å². The lowest BCUT2D eigenvalue weighted by Crippen LogP contribution is -2.19. The van der Waals surface area contributed by atoms with Crippen LogP contribution in [0.4, 0.5) is 0 Å². The Morgan fingerprint density at radius 3 is 2.72 bits per heavy atom. The number of hydrogen-bond acceptors (Lipinski definition) is 5. The van der Waals surface area contributed by atoms with Gasteiger partial charge in [-0.15, -0.1) is 0 Å². The summed E-state index contributed by atoms with van der Waals surface area (Å²) < 4.78 is 10.5. The number of rotatable bonds is 4. The highest BCUT2D eigenvalue weighted by Crippen LogP contribution is 2.30. The molecule has 98 valence electrons. The second-order valence-electron chi connectivity index (χ2n) is 5.63. The predicted molar refractivity (Wildman–Crippen MR) is 67.9 cm³/mol. The van der Waals surface area contributed by atoms with Crippen molar-refractivity contribution in [1.82, 2.24) is 10.1 Å². The molecule has 0 aliphatic heterocycles. The number of aromatic nitrogens is 2. The van der Waals surface area contributed by atoms with Crippen LogP contribution in [0.25, 0.3) is 11.6 Å². The van der Waals surface area contributed by atoms with E-state index in [1.54, 1.807) is 18.4 Å². The van der Waals surface area contributed by atoms with Gasteiger partial charge in [-0.3, -0.25) is 0 Å². The summed E-state index contributed by atoms with van der Waals surface area (Å²) in [6, 6.07) is 3.59. The van der Waals surface area contributed by atoms with Crippen molar-refractivity contribution in [3.63, 3.8) is 0 Å². The standard InChI is InChI=1S/C13H19N3O2/c1-13(2,3)7-9(8-14)12-15-11(16-18-12)10-5-4-6-17-10/h4-6,9H,7-8,14H2,1-3H3. The Morgan fingerprint density at radius 1 is 1.39 bits per heavy atom. The third kappa shape index (κ3) is 2.98. The lowest BCUT2D eigenvalue weighted by Gasteiger charge is -2.22. The second kappa shape index (κ2) is 4.94. The van der Waals surface area contributed by atoms with Gasteiger partial charge in [-0.1, -0.05) is 25.9 Å². The molecule has 0 saturated carbocycles. The van der Waals surface area contributed by atoms with Crippen molar-refractivity contribution in [3.8, 4) is 11.6 Å². The predicted octanol–water partition coefficient (Wildman–Crippen LogP) is 2.81. The molecule has 2 aromatic rings. The van der Waals surface area contributed by atoms with Crippen molar-refractivity contribution < 1.29 is 8.94 Å². The minimum Gasteiger partial charge on any atom is -0.461 e. The largest absolute Gasteiger partial charge is 0.461 e. The van der Waals surface area contributed by atoms with Crippen molar-refractivity contribution in [3.05, 3.63) is 24.3 Å². The van der Waals surface area contributed by atoms with Gasteiger partial charge in [0.25, 0.3) is 0 Å². The van der Waals surface area contributed by atoms with Gasteiger partial charge in [0.15, 0.2) is 5.76 Å². The Hall–Kier alpha value is -1.62. The van der Waals surface area contributed by atoms with Crippen molar-refractivity contribution >= 4 is 0 Å². The van der Waals surface area contributed by atoms with Crippen LogP contribution in [0.15, 0.2) is 27.3 Å². The molecule has 0 saturated heterocycles. The van der Waals surface area contributed by atoms with Crippen LogP contribution in [0.1, 0.15) is 39.0 Å². The molecule has 0 aliphatic rings. The minimum absolute atomic E-state index is 0.0845. The van der Waals surface area contributed by atoms with E-state index in [9.17, 15) is 0 Å². The Balaban J connectivity index is 2.18. The van der Waals surface area contributed by atoms with Crippen LogP contribution in [0, 0.1) is 5.41 Å². The second-order valence-corrected chi connectivity index (χ2v) is 5.63. The first kappa shape index (κ1) is 12.8. The summed E-state index contributed by atoms with van der Waals surface area (Å²) in [5.74, 6) is 1.75. The Morgan fingerprint density at radius 2 is 2.17 bits per heavy atom. The van der Waals surface area contributed by atoms with E-state index in [4.69, 9.17) is 14.7 Å². The van der Waals surface area contributed by atoms with Gasteiger partial charge >= 0.3 is 0 Å². The van der Waals surface area contributed by atoms with Gasteiger partial charge in [0, 0.05) is 6.54 Å². The quantitative estimate of drug-likeness (QED) is 0.901. The van der Waals surface area contributed by atoms with Crippen molar-refractivity contribution in [2.24, 2.45) is 11.1 Å². The fraction of sp³-hybridized carbons (Fsp3) is 0.538. The van der Waals surface area contributed by atoms with Crippen LogP contribution in [0.2, 0.25) is 0 Å². The Kier molecular flexibility index (Phi) is 3.52. The SMILES string of the molecule is CC(C)(C)CC(CN)c1nc(-c2ccco2)no1. The zero-order valence-electron chi connectivity index (χ0n) is 11.0. The maximum Gasteiger partial charge on any atom is 0.238 e. The molecular weight excluding hydrogens is 230 g/mol. The third-order valence-corrected chi connectivity index (χ3v) is 2.68. The summed E-state index contributed by atoms with van der Waals surface area (Å²) in [6.45, 7) is 7.00. The molecule has 0 fully saturated rings. The van der Waals surface area contributed by atoms with Gasteiger partial charge < -0.3 is 14.7 Å². The molecule has 1 atom stereocenters. The highest BCUT2D eigenvalue weighted by Gasteiger charge is 2.24. The summed E-state index contributed by atoms with van der Waals surface area (Å²) in [6.07, 6.45) is 2.49. The monoisotopic (exact) mass is 249 g/mol. The Labute approximate surface area is 106 Å². The van der Waals surface area contributed by atoms with Gasteiger partial charge in [0.2, 0.25) is 11.7 Å². The molecule has 5 nitrogen and oxygen atoms in total. The molecule has 18 heavy (non-hydrogen) atoms. The summed E-state index contributed by atoms with van der Waals surface area (Å²) in [5.41, 5.74) is 5.96. The maximum atomic E-state index is 5.79. The molecule has 0 amide bonds. The van der Waals surface area contributed by atoms with Gasteiger partial charge in [-0.05, 0) is 24.0 Å². The normalized spacial score (nSPS) is 13.8. The van der Waals surface area contributed by atoms with E-state index in [-0.39, 0.29) is 11.3 Å². The lowest BCUT2D eigenvalue weighted by atomic mass is 9.84. The fourth-order valence-corrected chi connectivity index (χ4v) is 1.92. The highest BCUT2D eigenvalue weighted by atomic mass is 16.5. The number of nitrogens with zero attached hydrogens (tertiary/aromatic N) is 2. The summed E-state index contributed by atoms with van der Waals surface area (Å²) >= 11 is 0. The summed E-state index contributed by atoms with van der Waals surface area (Å²) in [7, 11) is 0. The van der Waals surface area contributed by atoms with Crippen molar-refractivity contribution in [1.29, 1.82) is 0 Å². The van der Waals surface area contributed by atoms with E-state index in [1.807, 2.05) is 0 Å². The molecule has 1 unspecified atom stereocenters. The first-order valence-electron chi connectivity index (χ1n) is 6.07. The zero-order valence-corrected chi connectivity index (χ0v) is 11.0. The average molecular weight is 249 g/mol. The van der Waals surface area contributed by atoms with E-state index in [0.717, 1.165) is 6.42 Å². The van der Waals surface area contributed by atoms with Gasteiger partial charge in [-0.25, -0.2) is 0 Å². The molecule has 2 heterocycles. The van der Waals surface area contributed by atoms with Gasteiger partial charge in [0.1, 0.15) is 0 Å². The van der Waals surface area contributed by atoms with E-state index in [2.05, 4.69) is 30.9 Å². The van der Waals surface area contributed by atoms with Crippen LogP contribution in [0.5, 0.6) is 0 Å². The lowest BCUT2D eigenvalue weighted by molar-refractivity contribution is 0.287. The molecule has 2 aromatic heterocycles. The molecule has 0 bridgehead atoms. The molecule has 0 spiro atoms. The zero-order chi connectivity index (χ0) is 13.2. The molecule has 0 aromatic carbocycles. The van der Waals surface area contributed by atoms with E-state index in [1.165, 1.54) is 0 Å². The minimum atomic E-state index is 0.0845. The van der Waals surface area contributed by atoms with Crippen LogP contribution >= 0.6 is 0 Å². The van der Waals surface area contributed by atoms with Crippen LogP contribution in [-0.2, 0) is 0 Å². The molecule has 0 radical (unpaired) electrons. The molecular formula is C13H19N3O2. The van der Waals surface area contributed by atoms with E-state index >= 15 is 0 Å². The van der Waals surface area contributed by atoms with E-state index in [0.29, 0.717) is 24.0 Å². The number of hydrogen-bond donors (Lipinski definition) is 1. The maximum absolute atomic E-state index is 5.79. The smallest absolute Gasteiger partial charge is 0.238 e. The summed E-state index contributed by atoms with van der Waals surface area (Å²) in [4.78, 5) is 4.36. The topological polar surface area (TPSA) is 78.1 Å². The van der Waals surface area contributed by atoms with Crippen LogP contribution < -0.4 is 5.73 Å². The first-order valence-corrected chi connectivity index (χ1v) is 6.07. The van der Waals surface area contributed by atoms with Gasteiger partial charge in [-0.2, -0.15) is 4.98 Å². The van der Waals surface area contributed by atoms with Gasteiger partial charge in [0.05, 0.1) is 12.2 Å². The fourth-order valence-electron chi connectivity index (χ4n) is 1.92. The van der Waals surface area contributed by atoms with Crippen molar-refractivity contribution in [2.45, 2.75) is 33.1 Å². The molecule has 2 rings (SSSR count). The highest BCUT2D eigenvalue weighted by molar-refractivity contribution is 5.44. The summed E-state index contributed by atoms with van der Waals surface area (Å²) in [5, 5.41) is 3.92. The molecule has 2 N–H and O–H groups in total. The average Bonchev–Trinajstić information content (AvgIpc) is 2.94. The van der Waals surface area contributed by atoms with Crippen molar-refractivity contribution in [2.75, 3.05) is 6.54 Å².